The summed E-state index contributed by atoms with van der Waals surface area (Å²) in [4.78, 5) is 12.8. The van der Waals surface area contributed by atoms with Crippen molar-refractivity contribution in [3.05, 3.63) is 56.2 Å². The Kier molecular flexibility index (Phi) is 4.10. The van der Waals surface area contributed by atoms with Gasteiger partial charge in [0, 0.05) is 21.3 Å². The molecular weight excluding hydrogens is 341 g/mol. The molecule has 1 aromatic carbocycles. The van der Waals surface area contributed by atoms with Crippen LogP contribution in [-0.4, -0.2) is 5.78 Å². The van der Waals surface area contributed by atoms with Crippen LogP contribution in [0.3, 0.4) is 0 Å². The summed E-state index contributed by atoms with van der Waals surface area (Å²) in [6, 6.07) is 6.12. The van der Waals surface area contributed by atoms with Crippen LogP contribution in [0.25, 0.3) is 0 Å². The van der Waals surface area contributed by atoms with Gasteiger partial charge < -0.3 is 0 Å². The van der Waals surface area contributed by atoms with Crippen molar-refractivity contribution in [3.8, 4) is 0 Å². The number of Topliss-reactive ketones (excluding diaryl/α,β-unsaturated/α-hetero) is 1. The number of alkyl halides is 3. The summed E-state index contributed by atoms with van der Waals surface area (Å²) in [7, 11) is 0. The van der Waals surface area contributed by atoms with E-state index in [9.17, 15) is 18.0 Å². The third-order valence-electron chi connectivity index (χ3n) is 2.55. The van der Waals surface area contributed by atoms with Crippen molar-refractivity contribution in [2.75, 3.05) is 0 Å². The minimum Gasteiger partial charge on any atom is -0.294 e. The first kappa shape index (κ1) is 14.3. The molecule has 100 valence electrons. The lowest BCUT2D eigenvalue weighted by atomic mass is 10.1. The summed E-state index contributed by atoms with van der Waals surface area (Å²) in [5.74, 6) is -0.197. The number of carbonyl (C=O) groups excluding carboxylic acids is 1. The molecule has 0 saturated heterocycles. The van der Waals surface area contributed by atoms with Crippen molar-refractivity contribution in [1.82, 2.24) is 0 Å². The van der Waals surface area contributed by atoms with E-state index in [4.69, 9.17) is 0 Å². The number of rotatable bonds is 3. The molecule has 0 fully saturated rings. The number of hydrogen-bond donors (Lipinski definition) is 0. The summed E-state index contributed by atoms with van der Waals surface area (Å²) in [6.45, 7) is 0. The van der Waals surface area contributed by atoms with Crippen LogP contribution in [0, 0.1) is 0 Å². The average molecular weight is 349 g/mol. The minimum atomic E-state index is -4.38. The minimum absolute atomic E-state index is 0.184. The Bertz CT molecular complexity index is 587. The van der Waals surface area contributed by atoms with Gasteiger partial charge >= 0.3 is 6.18 Å². The average Bonchev–Trinajstić information content (AvgIpc) is 2.74. The maximum atomic E-state index is 12.4. The second kappa shape index (κ2) is 5.46. The summed E-state index contributed by atoms with van der Waals surface area (Å²) in [5.41, 5.74) is -0.463. The van der Waals surface area contributed by atoms with E-state index in [1.807, 2.05) is 11.4 Å². The zero-order valence-electron chi connectivity index (χ0n) is 9.50. The molecule has 0 spiro atoms. The number of carbonyl (C=O) groups is 1. The fourth-order valence-electron chi connectivity index (χ4n) is 1.54. The van der Waals surface area contributed by atoms with Crippen LogP contribution < -0.4 is 0 Å². The van der Waals surface area contributed by atoms with Crippen LogP contribution in [-0.2, 0) is 12.6 Å². The van der Waals surface area contributed by atoms with E-state index >= 15 is 0 Å². The highest BCUT2D eigenvalue weighted by molar-refractivity contribution is 9.10. The molecule has 19 heavy (non-hydrogen) atoms. The van der Waals surface area contributed by atoms with Crippen LogP contribution in [0.2, 0.25) is 0 Å². The number of halogens is 4. The molecule has 0 unspecified atom stereocenters. The van der Waals surface area contributed by atoms with Gasteiger partial charge in [0.25, 0.3) is 0 Å². The van der Waals surface area contributed by atoms with E-state index in [0.29, 0.717) is 0 Å². The number of benzene rings is 1. The van der Waals surface area contributed by atoms with Gasteiger partial charge in [-0.1, -0.05) is 12.1 Å². The van der Waals surface area contributed by atoms with Gasteiger partial charge in [-0.15, -0.1) is 11.3 Å². The molecule has 1 heterocycles. The highest BCUT2D eigenvalue weighted by Gasteiger charge is 2.30. The van der Waals surface area contributed by atoms with E-state index in [1.54, 1.807) is 0 Å². The molecule has 2 aromatic rings. The van der Waals surface area contributed by atoms with E-state index in [0.717, 1.165) is 21.5 Å². The lowest BCUT2D eigenvalue weighted by Crippen LogP contribution is -2.07. The molecule has 2 rings (SSSR count). The number of thiophene rings is 1. The zero-order chi connectivity index (χ0) is 14.0. The normalized spacial score (nSPS) is 11.6. The number of hydrogen-bond acceptors (Lipinski definition) is 2. The largest absolute Gasteiger partial charge is 0.416 e. The second-order valence-corrected chi connectivity index (χ2v) is 5.72. The Balaban J connectivity index is 2.14. The van der Waals surface area contributed by atoms with Crippen LogP contribution in [0.15, 0.2) is 40.2 Å². The lowest BCUT2D eigenvalue weighted by Gasteiger charge is -2.07. The van der Waals surface area contributed by atoms with Crippen molar-refractivity contribution in [3.63, 3.8) is 0 Å². The Hall–Kier alpha value is -1.14. The van der Waals surface area contributed by atoms with Gasteiger partial charge in [-0.05, 0) is 39.5 Å². The van der Waals surface area contributed by atoms with Gasteiger partial charge in [-0.25, -0.2) is 0 Å². The van der Waals surface area contributed by atoms with Crippen molar-refractivity contribution in [2.45, 2.75) is 12.6 Å². The molecule has 0 atom stereocenters. The fourth-order valence-corrected chi connectivity index (χ4v) is 3.04. The Morgan fingerprint density at radius 3 is 2.26 bits per heavy atom. The standard InChI is InChI=1S/C13H8BrF3OS/c14-10-5-6-19-12(10)7-11(18)8-1-3-9(4-2-8)13(15,16)17/h1-6H,7H2. The summed E-state index contributed by atoms with van der Waals surface area (Å²) < 4.78 is 38.0. The first-order chi connectivity index (χ1) is 8.88. The first-order valence-electron chi connectivity index (χ1n) is 5.30. The molecule has 0 aliphatic heterocycles. The molecule has 0 aliphatic rings. The van der Waals surface area contributed by atoms with Crippen molar-refractivity contribution in [1.29, 1.82) is 0 Å². The van der Waals surface area contributed by atoms with Crippen molar-refractivity contribution in [2.24, 2.45) is 0 Å². The predicted octanol–water partition coefficient (Wildman–Crippen LogP) is 4.95. The summed E-state index contributed by atoms with van der Waals surface area (Å²) in [5, 5.41) is 1.85. The molecule has 1 nitrogen and oxygen atoms in total. The maximum Gasteiger partial charge on any atom is 0.416 e. The Morgan fingerprint density at radius 1 is 1.16 bits per heavy atom. The molecule has 0 bridgehead atoms. The summed E-state index contributed by atoms with van der Waals surface area (Å²) >= 11 is 4.75. The molecule has 6 heteroatoms. The smallest absolute Gasteiger partial charge is 0.294 e. The maximum absolute atomic E-state index is 12.4. The predicted molar refractivity (Wildman–Crippen MR) is 71.5 cm³/mol. The summed E-state index contributed by atoms with van der Waals surface area (Å²) in [6.07, 6.45) is -4.19. The van der Waals surface area contributed by atoms with Crippen LogP contribution >= 0.6 is 27.3 Å². The topological polar surface area (TPSA) is 17.1 Å². The van der Waals surface area contributed by atoms with Gasteiger partial charge in [0.2, 0.25) is 0 Å². The quantitative estimate of drug-likeness (QED) is 0.717. The van der Waals surface area contributed by atoms with Crippen molar-refractivity contribution < 1.29 is 18.0 Å². The van der Waals surface area contributed by atoms with Gasteiger partial charge in [-0.2, -0.15) is 13.2 Å². The fraction of sp³-hybridized carbons (Fsp3) is 0.154. The molecule has 0 amide bonds. The number of ketones is 1. The van der Waals surface area contributed by atoms with Gasteiger partial charge in [0.15, 0.2) is 5.78 Å². The monoisotopic (exact) mass is 348 g/mol. The molecule has 0 N–H and O–H groups in total. The second-order valence-electron chi connectivity index (χ2n) is 3.87. The van der Waals surface area contributed by atoms with Gasteiger partial charge in [0.05, 0.1) is 5.56 Å². The lowest BCUT2D eigenvalue weighted by molar-refractivity contribution is -0.137. The molecular formula is C13H8BrF3OS. The van der Waals surface area contributed by atoms with E-state index in [2.05, 4.69) is 15.9 Å². The first-order valence-corrected chi connectivity index (χ1v) is 6.97. The molecule has 0 saturated carbocycles. The van der Waals surface area contributed by atoms with E-state index in [-0.39, 0.29) is 17.8 Å². The van der Waals surface area contributed by atoms with Crippen LogP contribution in [0.1, 0.15) is 20.8 Å². The van der Waals surface area contributed by atoms with Gasteiger partial charge in [0.1, 0.15) is 0 Å². The highest BCUT2D eigenvalue weighted by Crippen LogP contribution is 2.29. The van der Waals surface area contributed by atoms with E-state index in [1.165, 1.54) is 23.5 Å². The zero-order valence-corrected chi connectivity index (χ0v) is 11.9. The van der Waals surface area contributed by atoms with Crippen LogP contribution in [0.5, 0.6) is 0 Å². The third kappa shape index (κ3) is 3.45. The van der Waals surface area contributed by atoms with Crippen molar-refractivity contribution >= 4 is 33.0 Å². The molecule has 0 radical (unpaired) electrons. The van der Waals surface area contributed by atoms with Crippen LogP contribution in [0.4, 0.5) is 13.2 Å². The van der Waals surface area contributed by atoms with Gasteiger partial charge in [-0.3, -0.25) is 4.79 Å². The van der Waals surface area contributed by atoms with E-state index < -0.39 is 11.7 Å². The SMILES string of the molecule is O=C(Cc1sccc1Br)c1ccc(C(F)(F)F)cc1. The molecule has 0 aliphatic carbocycles. The highest BCUT2D eigenvalue weighted by atomic mass is 79.9. The third-order valence-corrected chi connectivity index (χ3v) is 4.47. The molecule has 1 aromatic heterocycles. The Morgan fingerprint density at radius 2 is 1.79 bits per heavy atom. The Labute approximate surface area is 120 Å².